The van der Waals surface area contributed by atoms with Crippen LogP contribution in [0, 0.1) is 0 Å². The van der Waals surface area contributed by atoms with E-state index in [9.17, 15) is 29.1 Å². The lowest BCUT2D eigenvalue weighted by molar-refractivity contribution is -0.118. The lowest BCUT2D eigenvalue weighted by atomic mass is 9.94. The van der Waals surface area contributed by atoms with Crippen molar-refractivity contribution >= 4 is 40.0 Å². The van der Waals surface area contributed by atoms with Gasteiger partial charge >= 0.3 is 5.69 Å². The number of nitrogens with zero attached hydrogens (tertiary/aromatic N) is 3. The van der Waals surface area contributed by atoms with Crippen LogP contribution in [0.3, 0.4) is 0 Å². The van der Waals surface area contributed by atoms with Crippen LogP contribution in [0.5, 0.6) is 0 Å². The number of aliphatic hydroxyl groups excluding tert-OH is 1. The Labute approximate surface area is 234 Å². The van der Waals surface area contributed by atoms with Gasteiger partial charge in [0.15, 0.2) is 5.69 Å². The van der Waals surface area contributed by atoms with Crippen LogP contribution < -0.4 is 21.9 Å². The maximum absolute atomic E-state index is 13.4. The Morgan fingerprint density at radius 3 is 2.17 bits per heavy atom. The summed E-state index contributed by atoms with van der Waals surface area (Å²) in [6.45, 7) is -0.206. The van der Waals surface area contributed by atoms with E-state index in [0.29, 0.717) is 16.5 Å². The Balaban J connectivity index is 1.36. The zero-order valence-corrected chi connectivity index (χ0v) is 22.2. The molecule has 1 aliphatic heterocycles. The standard InChI is InChI=1S/C30H29N5O6/c31-26-25(27(38)32-30(41)35(26)18-19-8-2-1-3-9-19)33(16-7-17-36)23(37)14-6-15-34-28(39)21-12-4-10-20-11-5-13-22(24(20)21)29(34)40/h1-5,8-13,36H,6-7,14-18,31H2,(H,32,38,41). The summed E-state index contributed by atoms with van der Waals surface area (Å²) in [6.07, 6.45) is 0.170. The van der Waals surface area contributed by atoms with Gasteiger partial charge in [-0.3, -0.25) is 33.6 Å². The summed E-state index contributed by atoms with van der Waals surface area (Å²) in [4.78, 5) is 69.8. The largest absolute Gasteiger partial charge is 0.396 e. The Kier molecular flexibility index (Phi) is 7.79. The van der Waals surface area contributed by atoms with E-state index in [1.807, 2.05) is 18.2 Å². The molecular formula is C30H29N5O6. The van der Waals surface area contributed by atoms with Gasteiger partial charge in [-0.1, -0.05) is 54.6 Å². The van der Waals surface area contributed by atoms with Crippen LogP contribution in [-0.2, 0) is 11.3 Å². The first-order valence-electron chi connectivity index (χ1n) is 13.3. The predicted octanol–water partition coefficient (Wildman–Crippen LogP) is 2.11. The number of imide groups is 1. The molecule has 0 saturated heterocycles. The summed E-state index contributed by atoms with van der Waals surface area (Å²) in [5.74, 6) is -1.55. The summed E-state index contributed by atoms with van der Waals surface area (Å²) in [5, 5.41) is 10.8. The van der Waals surface area contributed by atoms with Gasteiger partial charge in [0.05, 0.1) is 6.54 Å². The van der Waals surface area contributed by atoms with Crippen molar-refractivity contribution in [3.05, 3.63) is 104 Å². The van der Waals surface area contributed by atoms with Crippen LogP contribution in [-0.4, -0.2) is 57.0 Å². The van der Waals surface area contributed by atoms with Crippen LogP contribution in [0.15, 0.2) is 76.3 Å². The first kappa shape index (κ1) is 27.5. The number of aliphatic hydroxyl groups is 1. The van der Waals surface area contributed by atoms with Crippen molar-refractivity contribution in [2.45, 2.75) is 25.8 Å². The molecule has 1 aromatic heterocycles. The van der Waals surface area contributed by atoms with Crippen molar-refractivity contribution in [3.8, 4) is 0 Å². The molecular weight excluding hydrogens is 526 g/mol. The first-order chi connectivity index (χ1) is 19.8. The van der Waals surface area contributed by atoms with E-state index in [2.05, 4.69) is 4.98 Å². The minimum absolute atomic E-state index is 0.0126. The highest BCUT2D eigenvalue weighted by molar-refractivity contribution is 6.25. The summed E-state index contributed by atoms with van der Waals surface area (Å²) >= 11 is 0. The number of H-pyrrole nitrogens is 1. The molecule has 11 heteroatoms. The maximum atomic E-state index is 13.4. The molecule has 3 aromatic carbocycles. The van der Waals surface area contributed by atoms with Gasteiger partial charge in [-0.15, -0.1) is 0 Å². The Morgan fingerprint density at radius 1 is 0.878 bits per heavy atom. The van der Waals surface area contributed by atoms with Gasteiger partial charge in [0.25, 0.3) is 17.4 Å². The third kappa shape index (κ3) is 5.27. The second-order valence-corrected chi connectivity index (χ2v) is 9.76. The molecule has 5 rings (SSSR count). The number of hydrogen-bond acceptors (Lipinski definition) is 7. The number of benzene rings is 3. The van der Waals surface area contributed by atoms with Gasteiger partial charge in [0.2, 0.25) is 5.91 Å². The van der Waals surface area contributed by atoms with E-state index in [-0.39, 0.29) is 57.0 Å². The fourth-order valence-corrected chi connectivity index (χ4v) is 5.16. The number of anilines is 2. The Hall–Kier alpha value is -5.03. The molecule has 11 nitrogen and oxygen atoms in total. The third-order valence-corrected chi connectivity index (χ3v) is 7.14. The molecule has 0 atom stereocenters. The highest BCUT2D eigenvalue weighted by Crippen LogP contribution is 2.30. The van der Waals surface area contributed by atoms with E-state index in [4.69, 9.17) is 5.73 Å². The zero-order valence-electron chi connectivity index (χ0n) is 22.2. The van der Waals surface area contributed by atoms with Crippen molar-refractivity contribution in [2.24, 2.45) is 0 Å². The number of amides is 3. The molecule has 0 fully saturated rings. The van der Waals surface area contributed by atoms with Gasteiger partial charge in [0, 0.05) is 42.6 Å². The molecule has 4 N–H and O–H groups in total. The molecule has 0 radical (unpaired) electrons. The summed E-state index contributed by atoms with van der Waals surface area (Å²) in [7, 11) is 0. The number of carbonyl (C=O) groups is 3. The van der Waals surface area contributed by atoms with E-state index >= 15 is 0 Å². The first-order valence-corrected chi connectivity index (χ1v) is 13.3. The molecule has 3 amide bonds. The highest BCUT2D eigenvalue weighted by Gasteiger charge is 2.32. The lowest BCUT2D eigenvalue weighted by Gasteiger charge is -2.28. The number of rotatable bonds is 10. The fourth-order valence-electron chi connectivity index (χ4n) is 5.16. The number of hydrogen-bond donors (Lipinski definition) is 3. The number of carbonyl (C=O) groups excluding carboxylic acids is 3. The lowest BCUT2D eigenvalue weighted by Crippen LogP contribution is -2.43. The molecule has 0 unspecified atom stereocenters. The van der Waals surface area contributed by atoms with Gasteiger partial charge in [-0.25, -0.2) is 4.79 Å². The highest BCUT2D eigenvalue weighted by atomic mass is 16.3. The minimum atomic E-state index is -0.825. The topological polar surface area (TPSA) is 159 Å². The van der Waals surface area contributed by atoms with Crippen LogP contribution in [0.4, 0.5) is 11.5 Å². The monoisotopic (exact) mass is 555 g/mol. The van der Waals surface area contributed by atoms with Crippen molar-refractivity contribution in [3.63, 3.8) is 0 Å². The molecule has 210 valence electrons. The van der Waals surface area contributed by atoms with Gasteiger partial charge in [-0.05, 0) is 35.9 Å². The van der Waals surface area contributed by atoms with Gasteiger partial charge in [-0.2, -0.15) is 0 Å². The number of aromatic amines is 1. The number of nitrogens with one attached hydrogen (secondary N) is 1. The van der Waals surface area contributed by atoms with Crippen molar-refractivity contribution in [1.82, 2.24) is 14.5 Å². The van der Waals surface area contributed by atoms with E-state index in [1.165, 1.54) is 4.57 Å². The average molecular weight is 556 g/mol. The molecule has 4 aromatic rings. The molecule has 0 aliphatic carbocycles. The average Bonchev–Trinajstić information content (AvgIpc) is 2.97. The summed E-state index contributed by atoms with van der Waals surface area (Å²) in [6, 6.07) is 19.6. The van der Waals surface area contributed by atoms with Crippen molar-refractivity contribution in [2.75, 3.05) is 30.3 Å². The second-order valence-electron chi connectivity index (χ2n) is 9.76. The quantitative estimate of drug-likeness (QED) is 0.253. The van der Waals surface area contributed by atoms with Crippen LogP contribution in [0.1, 0.15) is 45.5 Å². The zero-order chi connectivity index (χ0) is 29.1. The van der Waals surface area contributed by atoms with E-state index < -0.39 is 29.0 Å². The Bertz CT molecular complexity index is 1710. The summed E-state index contributed by atoms with van der Waals surface area (Å²) in [5.41, 5.74) is 6.18. The Morgan fingerprint density at radius 2 is 1.54 bits per heavy atom. The predicted molar refractivity (Wildman–Crippen MR) is 154 cm³/mol. The molecule has 0 bridgehead atoms. The van der Waals surface area contributed by atoms with Crippen LogP contribution in [0.2, 0.25) is 0 Å². The van der Waals surface area contributed by atoms with Gasteiger partial charge in [0.1, 0.15) is 5.82 Å². The van der Waals surface area contributed by atoms with Crippen LogP contribution >= 0.6 is 0 Å². The van der Waals surface area contributed by atoms with E-state index in [1.54, 1.807) is 48.5 Å². The van der Waals surface area contributed by atoms with Crippen molar-refractivity contribution in [1.29, 1.82) is 0 Å². The van der Waals surface area contributed by atoms with E-state index in [0.717, 1.165) is 20.7 Å². The normalized spacial score (nSPS) is 12.7. The smallest absolute Gasteiger partial charge is 0.330 e. The molecule has 2 heterocycles. The third-order valence-electron chi connectivity index (χ3n) is 7.14. The van der Waals surface area contributed by atoms with Crippen LogP contribution in [0.25, 0.3) is 10.8 Å². The fraction of sp³-hybridized carbons (Fsp3) is 0.233. The number of nitrogen functional groups attached to an aromatic ring is 1. The minimum Gasteiger partial charge on any atom is -0.396 e. The molecule has 1 aliphatic rings. The number of aromatic nitrogens is 2. The maximum Gasteiger partial charge on any atom is 0.330 e. The second kappa shape index (κ2) is 11.6. The SMILES string of the molecule is Nc1c(N(CCCO)C(=O)CCCN2C(=O)c3cccc4cccc(c34)C2=O)c(=O)[nH]c(=O)n1Cc1ccccc1. The summed E-state index contributed by atoms with van der Waals surface area (Å²) < 4.78 is 1.18. The molecule has 0 saturated carbocycles. The molecule has 41 heavy (non-hydrogen) atoms. The molecule has 0 spiro atoms. The number of nitrogens with two attached hydrogens (primary N) is 1. The van der Waals surface area contributed by atoms with Crippen molar-refractivity contribution < 1.29 is 19.5 Å². The van der Waals surface area contributed by atoms with Gasteiger partial charge < -0.3 is 15.7 Å².